The highest BCUT2D eigenvalue weighted by atomic mass is 35.5. The van der Waals surface area contributed by atoms with E-state index in [1.165, 1.54) is 11.1 Å². The topological polar surface area (TPSA) is 58.4 Å². The molecule has 3 rings (SSSR count). The molecule has 5 heteroatoms. The molecule has 0 saturated carbocycles. The molecule has 2 aromatic rings. The summed E-state index contributed by atoms with van der Waals surface area (Å²) in [4.78, 5) is 14.2. The van der Waals surface area contributed by atoms with Crippen molar-refractivity contribution in [2.75, 3.05) is 26.7 Å². The molecule has 0 bridgehead atoms. The molecule has 3 N–H and O–H groups in total. The van der Waals surface area contributed by atoms with Gasteiger partial charge in [-0.15, -0.1) is 12.4 Å². The number of rotatable bonds is 5. The lowest BCUT2D eigenvalue weighted by Crippen LogP contribution is -2.23. The predicted octanol–water partition coefficient (Wildman–Crippen LogP) is 2.64. The van der Waals surface area contributed by atoms with Crippen LogP contribution in [0, 0.1) is 5.92 Å². The minimum absolute atomic E-state index is 0. The van der Waals surface area contributed by atoms with Crippen molar-refractivity contribution in [3.63, 3.8) is 0 Å². The van der Waals surface area contributed by atoms with Gasteiger partial charge in [0.05, 0.1) is 0 Å². The number of hydrogen-bond acceptors (Lipinski definition) is 3. The van der Waals surface area contributed by atoms with Crippen LogP contribution in [0.2, 0.25) is 0 Å². The van der Waals surface area contributed by atoms with Crippen molar-refractivity contribution in [1.82, 2.24) is 10.2 Å². The Kier molecular flexibility index (Phi) is 7.00. The number of nitrogens with two attached hydrogens (primary N) is 1. The average molecular weight is 360 g/mol. The number of carbonyl (C=O) groups is 1. The van der Waals surface area contributed by atoms with Gasteiger partial charge in [-0.2, -0.15) is 0 Å². The summed E-state index contributed by atoms with van der Waals surface area (Å²) in [7, 11) is 1.66. The third kappa shape index (κ3) is 4.60. The van der Waals surface area contributed by atoms with E-state index < -0.39 is 0 Å². The summed E-state index contributed by atoms with van der Waals surface area (Å²) < 4.78 is 0. The molecule has 0 radical (unpaired) electrons. The lowest BCUT2D eigenvalue weighted by atomic mass is 9.89. The van der Waals surface area contributed by atoms with Crippen LogP contribution in [0.3, 0.4) is 0 Å². The minimum Gasteiger partial charge on any atom is -0.355 e. The third-order valence-corrected chi connectivity index (χ3v) is 4.87. The molecule has 1 fully saturated rings. The number of hydrogen-bond donors (Lipinski definition) is 2. The quantitative estimate of drug-likeness (QED) is 0.862. The summed E-state index contributed by atoms with van der Waals surface area (Å²) in [6.45, 7) is 3.56. The van der Waals surface area contributed by atoms with Crippen LogP contribution in [0.4, 0.5) is 0 Å². The van der Waals surface area contributed by atoms with Crippen molar-refractivity contribution in [3.8, 4) is 0 Å². The number of halogens is 1. The molecule has 25 heavy (non-hydrogen) atoms. The van der Waals surface area contributed by atoms with Gasteiger partial charge in [0.1, 0.15) is 0 Å². The summed E-state index contributed by atoms with van der Waals surface area (Å²) in [6.07, 6.45) is 0. The van der Waals surface area contributed by atoms with Crippen molar-refractivity contribution in [3.05, 3.63) is 71.3 Å². The minimum atomic E-state index is -0.0414. The first-order valence-electron chi connectivity index (χ1n) is 8.49. The first-order valence-corrected chi connectivity index (χ1v) is 8.49. The fraction of sp³-hybridized carbons (Fsp3) is 0.350. The maximum absolute atomic E-state index is 11.8. The Hall–Kier alpha value is -1.88. The predicted molar refractivity (Wildman–Crippen MR) is 104 cm³/mol. The van der Waals surface area contributed by atoms with Crippen molar-refractivity contribution in [2.45, 2.75) is 12.5 Å². The molecule has 4 nitrogen and oxygen atoms in total. The number of likely N-dealkylation sites (tertiary alicyclic amines) is 1. The van der Waals surface area contributed by atoms with E-state index in [1.807, 2.05) is 18.2 Å². The maximum Gasteiger partial charge on any atom is 0.251 e. The number of benzene rings is 2. The van der Waals surface area contributed by atoms with E-state index in [0.29, 0.717) is 23.9 Å². The van der Waals surface area contributed by atoms with Crippen LogP contribution >= 0.6 is 12.4 Å². The summed E-state index contributed by atoms with van der Waals surface area (Å²) in [5.74, 6) is 0.924. The number of nitrogens with zero attached hydrogens (tertiary/aromatic N) is 1. The fourth-order valence-corrected chi connectivity index (χ4v) is 3.62. The Bertz CT molecular complexity index is 692. The van der Waals surface area contributed by atoms with E-state index in [2.05, 4.69) is 46.6 Å². The van der Waals surface area contributed by atoms with E-state index in [9.17, 15) is 4.79 Å². The van der Waals surface area contributed by atoms with Crippen LogP contribution in [0.25, 0.3) is 0 Å². The molecule has 1 aliphatic heterocycles. The molecule has 2 aromatic carbocycles. The van der Waals surface area contributed by atoms with E-state index in [-0.39, 0.29) is 18.3 Å². The van der Waals surface area contributed by atoms with E-state index in [4.69, 9.17) is 5.73 Å². The second kappa shape index (κ2) is 8.99. The van der Waals surface area contributed by atoms with Gasteiger partial charge < -0.3 is 11.1 Å². The largest absolute Gasteiger partial charge is 0.355 e. The zero-order valence-electron chi connectivity index (χ0n) is 14.5. The maximum atomic E-state index is 11.8. The monoisotopic (exact) mass is 359 g/mol. The van der Waals surface area contributed by atoms with Gasteiger partial charge in [0.15, 0.2) is 0 Å². The number of nitrogens with one attached hydrogen (secondary N) is 1. The highest BCUT2D eigenvalue weighted by Crippen LogP contribution is 2.32. The Morgan fingerprint density at radius 3 is 2.60 bits per heavy atom. The number of carbonyl (C=O) groups excluding carboxylic acids is 1. The van der Waals surface area contributed by atoms with Gasteiger partial charge in [-0.1, -0.05) is 42.5 Å². The van der Waals surface area contributed by atoms with Crippen LogP contribution in [-0.4, -0.2) is 37.5 Å². The molecule has 1 amide bonds. The Morgan fingerprint density at radius 1 is 1.16 bits per heavy atom. The molecule has 0 spiro atoms. The van der Waals surface area contributed by atoms with Gasteiger partial charge in [-0.25, -0.2) is 0 Å². The van der Waals surface area contributed by atoms with Gasteiger partial charge in [0.2, 0.25) is 0 Å². The van der Waals surface area contributed by atoms with E-state index in [0.717, 1.165) is 19.6 Å². The second-order valence-corrected chi connectivity index (χ2v) is 6.49. The molecule has 1 aliphatic rings. The second-order valence-electron chi connectivity index (χ2n) is 6.49. The molecule has 0 unspecified atom stereocenters. The van der Waals surface area contributed by atoms with Crippen molar-refractivity contribution < 1.29 is 4.79 Å². The molecule has 134 valence electrons. The molecular formula is C20H26ClN3O. The average Bonchev–Trinajstić information content (AvgIpc) is 3.05. The molecule has 0 aliphatic carbocycles. The van der Waals surface area contributed by atoms with E-state index in [1.54, 1.807) is 7.05 Å². The molecule has 1 saturated heterocycles. The fourth-order valence-electron chi connectivity index (χ4n) is 3.62. The Balaban J connectivity index is 0.00000225. The summed E-state index contributed by atoms with van der Waals surface area (Å²) >= 11 is 0. The smallest absolute Gasteiger partial charge is 0.251 e. The highest BCUT2D eigenvalue weighted by Gasteiger charge is 2.32. The summed E-state index contributed by atoms with van der Waals surface area (Å²) in [5, 5.41) is 2.68. The molecule has 2 atom stereocenters. The SMILES string of the molecule is CNC(=O)c1cccc(CN2C[C@@H](CN)[C@H](c3ccccc3)C2)c1.Cl. The van der Waals surface area contributed by atoms with Gasteiger partial charge >= 0.3 is 0 Å². The van der Waals surface area contributed by atoms with Gasteiger partial charge in [0, 0.05) is 38.2 Å². The van der Waals surface area contributed by atoms with Crippen LogP contribution in [0.1, 0.15) is 27.4 Å². The molecule has 0 aromatic heterocycles. The van der Waals surface area contributed by atoms with Gasteiger partial charge in [-0.3, -0.25) is 9.69 Å². The lowest BCUT2D eigenvalue weighted by molar-refractivity contribution is 0.0963. The first kappa shape index (κ1) is 19.4. The zero-order chi connectivity index (χ0) is 16.9. The van der Waals surface area contributed by atoms with Gasteiger partial charge in [0.25, 0.3) is 5.91 Å². The molecular weight excluding hydrogens is 334 g/mol. The van der Waals surface area contributed by atoms with Crippen LogP contribution in [0.5, 0.6) is 0 Å². The lowest BCUT2D eigenvalue weighted by Gasteiger charge is -2.17. The van der Waals surface area contributed by atoms with Crippen molar-refractivity contribution in [2.24, 2.45) is 11.7 Å². The van der Waals surface area contributed by atoms with Crippen molar-refractivity contribution >= 4 is 18.3 Å². The summed E-state index contributed by atoms with van der Waals surface area (Å²) in [5.41, 5.74) is 9.27. The normalized spacial score (nSPS) is 20.1. The van der Waals surface area contributed by atoms with Crippen LogP contribution < -0.4 is 11.1 Å². The van der Waals surface area contributed by atoms with Crippen LogP contribution in [-0.2, 0) is 6.54 Å². The number of amides is 1. The Labute approximate surface area is 155 Å². The van der Waals surface area contributed by atoms with Gasteiger partial charge in [-0.05, 0) is 35.7 Å². The van der Waals surface area contributed by atoms with Crippen molar-refractivity contribution in [1.29, 1.82) is 0 Å². The standard InChI is InChI=1S/C20H25N3O.ClH/c1-22-20(24)17-9-5-6-15(10-17)12-23-13-18(11-21)19(14-23)16-7-3-2-4-8-16;/h2-10,18-19H,11-14,21H2,1H3,(H,22,24);1H/t18-,19+;/m1./s1. The Morgan fingerprint density at radius 2 is 1.92 bits per heavy atom. The summed E-state index contributed by atoms with van der Waals surface area (Å²) in [6, 6.07) is 18.5. The highest BCUT2D eigenvalue weighted by molar-refractivity contribution is 5.94. The van der Waals surface area contributed by atoms with E-state index >= 15 is 0 Å². The first-order chi connectivity index (χ1) is 11.7. The zero-order valence-corrected chi connectivity index (χ0v) is 15.3. The molecule has 1 heterocycles. The van der Waals surface area contributed by atoms with Crippen LogP contribution in [0.15, 0.2) is 54.6 Å². The third-order valence-electron chi connectivity index (χ3n) is 4.87.